The molecule has 0 bridgehead atoms. The van der Waals surface area contributed by atoms with Crippen LogP contribution in [0.2, 0.25) is 0 Å². The van der Waals surface area contributed by atoms with Gasteiger partial charge in [0.25, 0.3) is 0 Å². The van der Waals surface area contributed by atoms with Crippen molar-refractivity contribution in [3.8, 4) is 5.75 Å². The van der Waals surface area contributed by atoms with Gasteiger partial charge in [-0.25, -0.2) is 4.79 Å². The van der Waals surface area contributed by atoms with Crippen LogP contribution in [0.3, 0.4) is 0 Å². The van der Waals surface area contributed by atoms with Crippen LogP contribution in [0, 0.1) is 6.92 Å². The van der Waals surface area contributed by atoms with E-state index >= 15 is 0 Å². The predicted octanol–water partition coefficient (Wildman–Crippen LogP) is 2.94. The average Bonchev–Trinajstić information content (AvgIpc) is 2.85. The smallest absolute Gasteiger partial charge is 0.352 e. The lowest BCUT2D eigenvalue weighted by Crippen LogP contribution is -2.18. The number of methoxy groups -OCH3 is 1. The van der Waals surface area contributed by atoms with E-state index in [-0.39, 0.29) is 17.4 Å². The maximum absolute atomic E-state index is 12.4. The highest BCUT2D eigenvalue weighted by atomic mass is 16.5. The standard InChI is InChI=1S/C17H17NO4/c1-9-15-13(18-16(9)17(20)21)7-11(8-14(15)19)10-4-3-5-12(6-10)22-2/h3-6,11,18H,7-8H2,1-2H3,(H,20,21). The molecule has 5 heteroatoms. The van der Waals surface area contributed by atoms with Crippen molar-refractivity contribution in [2.24, 2.45) is 0 Å². The number of nitrogens with one attached hydrogen (secondary N) is 1. The highest BCUT2D eigenvalue weighted by Crippen LogP contribution is 2.35. The van der Waals surface area contributed by atoms with Crippen LogP contribution >= 0.6 is 0 Å². The van der Waals surface area contributed by atoms with Crippen molar-refractivity contribution in [3.63, 3.8) is 0 Å². The number of carbonyl (C=O) groups excluding carboxylic acids is 1. The molecule has 0 radical (unpaired) electrons. The molecule has 0 spiro atoms. The van der Waals surface area contributed by atoms with E-state index in [1.807, 2.05) is 24.3 Å². The van der Waals surface area contributed by atoms with Gasteiger partial charge in [0.1, 0.15) is 11.4 Å². The zero-order chi connectivity index (χ0) is 15.9. The molecule has 0 aliphatic heterocycles. The van der Waals surface area contributed by atoms with Crippen molar-refractivity contribution < 1.29 is 19.4 Å². The predicted molar refractivity (Wildman–Crippen MR) is 80.9 cm³/mol. The molecule has 22 heavy (non-hydrogen) atoms. The first-order valence-corrected chi connectivity index (χ1v) is 7.13. The van der Waals surface area contributed by atoms with Gasteiger partial charge in [-0.3, -0.25) is 4.79 Å². The number of Topliss-reactive ketones (excluding diaryl/α,β-unsaturated/α-hetero) is 1. The van der Waals surface area contributed by atoms with Crippen LogP contribution in [0.5, 0.6) is 5.75 Å². The number of rotatable bonds is 3. The molecule has 1 heterocycles. The number of fused-ring (bicyclic) bond motifs is 1. The Hall–Kier alpha value is -2.56. The van der Waals surface area contributed by atoms with Crippen LogP contribution in [0.1, 0.15) is 50.0 Å². The molecule has 5 nitrogen and oxygen atoms in total. The topological polar surface area (TPSA) is 79.4 Å². The summed E-state index contributed by atoms with van der Waals surface area (Å²) in [5.74, 6) is -0.243. The Morgan fingerprint density at radius 1 is 1.36 bits per heavy atom. The lowest BCUT2D eigenvalue weighted by atomic mass is 9.81. The van der Waals surface area contributed by atoms with Crippen molar-refractivity contribution >= 4 is 11.8 Å². The second-order valence-corrected chi connectivity index (χ2v) is 5.59. The van der Waals surface area contributed by atoms with E-state index < -0.39 is 5.97 Å². The molecule has 114 valence electrons. The molecule has 0 saturated carbocycles. The van der Waals surface area contributed by atoms with Crippen LogP contribution in [-0.4, -0.2) is 29.0 Å². The van der Waals surface area contributed by atoms with Gasteiger partial charge >= 0.3 is 5.97 Å². The molecule has 3 rings (SSSR count). The van der Waals surface area contributed by atoms with Gasteiger partial charge in [-0.15, -0.1) is 0 Å². The van der Waals surface area contributed by atoms with Crippen LogP contribution in [0.25, 0.3) is 0 Å². The summed E-state index contributed by atoms with van der Waals surface area (Å²) in [7, 11) is 1.61. The molecule has 0 amide bonds. The van der Waals surface area contributed by atoms with Gasteiger partial charge in [-0.05, 0) is 42.5 Å². The highest BCUT2D eigenvalue weighted by Gasteiger charge is 2.31. The van der Waals surface area contributed by atoms with Crippen LogP contribution in [0.15, 0.2) is 24.3 Å². The van der Waals surface area contributed by atoms with Crippen molar-refractivity contribution in [3.05, 3.63) is 52.3 Å². The summed E-state index contributed by atoms with van der Waals surface area (Å²) in [5, 5.41) is 9.19. The quantitative estimate of drug-likeness (QED) is 0.913. The monoisotopic (exact) mass is 299 g/mol. The summed E-state index contributed by atoms with van der Waals surface area (Å²) >= 11 is 0. The first kappa shape index (κ1) is 14.4. The largest absolute Gasteiger partial charge is 0.497 e. The van der Waals surface area contributed by atoms with Gasteiger partial charge in [0.05, 0.1) is 7.11 Å². The summed E-state index contributed by atoms with van der Waals surface area (Å²) in [5.41, 5.74) is 2.96. The number of ketones is 1. The first-order valence-electron chi connectivity index (χ1n) is 7.13. The number of carbonyl (C=O) groups is 2. The van der Waals surface area contributed by atoms with E-state index in [2.05, 4.69) is 4.98 Å². The Morgan fingerprint density at radius 2 is 2.14 bits per heavy atom. The van der Waals surface area contributed by atoms with E-state index in [1.54, 1.807) is 14.0 Å². The number of benzene rings is 1. The number of H-pyrrole nitrogens is 1. The van der Waals surface area contributed by atoms with Gasteiger partial charge in [0, 0.05) is 17.7 Å². The minimum Gasteiger partial charge on any atom is -0.497 e. The van der Waals surface area contributed by atoms with Gasteiger partial charge in [-0.2, -0.15) is 0 Å². The second kappa shape index (κ2) is 5.33. The zero-order valence-corrected chi connectivity index (χ0v) is 12.5. The van der Waals surface area contributed by atoms with Crippen molar-refractivity contribution in [1.29, 1.82) is 0 Å². The number of carboxylic acids is 1. The van der Waals surface area contributed by atoms with Gasteiger partial charge in [-0.1, -0.05) is 12.1 Å². The lowest BCUT2D eigenvalue weighted by Gasteiger charge is -2.22. The van der Waals surface area contributed by atoms with E-state index in [1.165, 1.54) is 0 Å². The lowest BCUT2D eigenvalue weighted by molar-refractivity contribution is 0.0690. The number of ether oxygens (including phenoxy) is 1. The normalized spacial score (nSPS) is 17.2. The second-order valence-electron chi connectivity index (χ2n) is 5.59. The minimum absolute atomic E-state index is 0.00433. The fourth-order valence-electron chi connectivity index (χ4n) is 3.18. The third-order valence-electron chi connectivity index (χ3n) is 4.27. The molecule has 1 aromatic carbocycles. The summed E-state index contributed by atoms with van der Waals surface area (Å²) in [6.45, 7) is 1.68. The third-order valence-corrected chi connectivity index (χ3v) is 4.27. The molecule has 1 atom stereocenters. The van der Waals surface area contributed by atoms with Crippen molar-refractivity contribution in [2.45, 2.75) is 25.7 Å². The summed E-state index contributed by atoms with van der Waals surface area (Å²) in [4.78, 5) is 26.6. The molecule has 0 saturated heterocycles. The maximum atomic E-state index is 12.4. The Morgan fingerprint density at radius 3 is 2.82 bits per heavy atom. The van der Waals surface area contributed by atoms with E-state index in [9.17, 15) is 14.7 Å². The first-order chi connectivity index (χ1) is 10.5. The van der Waals surface area contributed by atoms with Gasteiger partial charge < -0.3 is 14.8 Å². The number of carboxylic acid groups (broad SMARTS) is 1. The SMILES string of the molecule is COc1cccc(C2CC(=O)c3c([nH]c(C(=O)O)c3C)C2)c1. The van der Waals surface area contributed by atoms with Crippen LogP contribution < -0.4 is 4.74 Å². The maximum Gasteiger partial charge on any atom is 0.352 e. The summed E-state index contributed by atoms with van der Waals surface area (Å²) in [6.07, 6.45) is 1.01. The molecular weight excluding hydrogens is 282 g/mol. The Kier molecular flexibility index (Phi) is 3.48. The molecule has 2 N–H and O–H groups in total. The molecule has 0 fully saturated rings. The van der Waals surface area contributed by atoms with Gasteiger partial charge in [0.2, 0.25) is 0 Å². The summed E-state index contributed by atoms with van der Waals surface area (Å²) in [6, 6.07) is 7.66. The molecular formula is C17H17NO4. The molecule has 1 aliphatic rings. The van der Waals surface area contributed by atoms with E-state index in [0.717, 1.165) is 17.0 Å². The Balaban J connectivity index is 1.99. The van der Waals surface area contributed by atoms with Crippen molar-refractivity contribution in [1.82, 2.24) is 4.98 Å². The number of hydrogen-bond acceptors (Lipinski definition) is 3. The highest BCUT2D eigenvalue weighted by molar-refractivity contribution is 6.03. The Labute approximate surface area is 127 Å². The minimum atomic E-state index is -1.03. The summed E-state index contributed by atoms with van der Waals surface area (Å²) < 4.78 is 5.23. The molecule has 2 aromatic rings. The molecule has 1 aromatic heterocycles. The molecule has 1 unspecified atom stereocenters. The number of aromatic amines is 1. The van der Waals surface area contributed by atoms with E-state index in [4.69, 9.17) is 4.74 Å². The third kappa shape index (κ3) is 2.28. The fourth-order valence-corrected chi connectivity index (χ4v) is 3.18. The van der Waals surface area contributed by atoms with E-state index in [0.29, 0.717) is 24.0 Å². The fraction of sp³-hybridized carbons (Fsp3) is 0.294. The zero-order valence-electron chi connectivity index (χ0n) is 12.5. The number of hydrogen-bond donors (Lipinski definition) is 2. The van der Waals surface area contributed by atoms with Gasteiger partial charge in [0.15, 0.2) is 5.78 Å². The molecule has 1 aliphatic carbocycles. The van der Waals surface area contributed by atoms with Crippen LogP contribution in [-0.2, 0) is 6.42 Å². The average molecular weight is 299 g/mol. The van der Waals surface area contributed by atoms with Crippen molar-refractivity contribution in [2.75, 3.05) is 7.11 Å². The number of aromatic carboxylic acids is 1. The number of aromatic nitrogens is 1. The van der Waals surface area contributed by atoms with Crippen LogP contribution in [0.4, 0.5) is 0 Å². The Bertz CT molecular complexity index is 760.